The SMILES string of the molecule is CNCc1cnc(C)nc1NC. The van der Waals surface area contributed by atoms with E-state index < -0.39 is 0 Å². The molecule has 0 fully saturated rings. The maximum absolute atomic E-state index is 4.25. The number of hydrogen-bond acceptors (Lipinski definition) is 4. The zero-order valence-electron chi connectivity index (χ0n) is 7.68. The molecule has 1 aromatic heterocycles. The lowest BCUT2D eigenvalue weighted by molar-refractivity contribution is 0.804. The van der Waals surface area contributed by atoms with Crippen molar-refractivity contribution in [3.8, 4) is 0 Å². The normalized spacial score (nSPS) is 9.92. The molecule has 1 heterocycles. The number of nitrogens with zero attached hydrogens (tertiary/aromatic N) is 2. The van der Waals surface area contributed by atoms with E-state index in [0.717, 1.165) is 23.8 Å². The molecule has 2 N–H and O–H groups in total. The van der Waals surface area contributed by atoms with Gasteiger partial charge in [0.05, 0.1) is 0 Å². The zero-order valence-corrected chi connectivity index (χ0v) is 7.68. The fourth-order valence-electron chi connectivity index (χ4n) is 1.03. The Bertz CT molecular complexity index is 259. The second kappa shape index (κ2) is 4.01. The molecule has 0 atom stereocenters. The molecule has 0 saturated heterocycles. The Balaban J connectivity index is 2.94. The summed E-state index contributed by atoms with van der Waals surface area (Å²) in [7, 11) is 3.76. The summed E-state index contributed by atoms with van der Waals surface area (Å²) in [5.74, 6) is 1.69. The van der Waals surface area contributed by atoms with Gasteiger partial charge in [0, 0.05) is 25.4 Å². The summed E-state index contributed by atoms with van der Waals surface area (Å²) in [5, 5.41) is 6.09. The van der Waals surface area contributed by atoms with E-state index in [9.17, 15) is 0 Å². The number of nitrogens with one attached hydrogen (secondary N) is 2. The summed E-state index contributed by atoms with van der Waals surface area (Å²) in [4.78, 5) is 8.36. The molecule has 0 aromatic carbocycles. The van der Waals surface area contributed by atoms with Crippen molar-refractivity contribution < 1.29 is 0 Å². The maximum atomic E-state index is 4.25. The van der Waals surface area contributed by atoms with Crippen molar-refractivity contribution in [1.29, 1.82) is 0 Å². The van der Waals surface area contributed by atoms with Crippen molar-refractivity contribution in [2.75, 3.05) is 19.4 Å². The quantitative estimate of drug-likeness (QED) is 0.688. The molecule has 66 valence electrons. The lowest BCUT2D eigenvalue weighted by atomic mass is 10.3. The van der Waals surface area contributed by atoms with Gasteiger partial charge in [0.1, 0.15) is 11.6 Å². The van der Waals surface area contributed by atoms with Crippen molar-refractivity contribution in [1.82, 2.24) is 15.3 Å². The van der Waals surface area contributed by atoms with Crippen molar-refractivity contribution >= 4 is 5.82 Å². The van der Waals surface area contributed by atoms with Gasteiger partial charge < -0.3 is 10.6 Å². The third-order valence-corrected chi connectivity index (χ3v) is 1.59. The number of aryl methyl sites for hydroxylation is 1. The Morgan fingerprint density at radius 3 is 2.75 bits per heavy atom. The van der Waals surface area contributed by atoms with Crippen LogP contribution in [0.5, 0.6) is 0 Å². The van der Waals surface area contributed by atoms with E-state index >= 15 is 0 Å². The van der Waals surface area contributed by atoms with Gasteiger partial charge in [-0.1, -0.05) is 0 Å². The average molecular weight is 166 g/mol. The molecule has 4 nitrogen and oxygen atoms in total. The van der Waals surface area contributed by atoms with Gasteiger partial charge in [-0.15, -0.1) is 0 Å². The minimum Gasteiger partial charge on any atom is -0.373 e. The second-order valence-electron chi connectivity index (χ2n) is 2.57. The molecule has 0 saturated carbocycles. The first-order valence-corrected chi connectivity index (χ1v) is 3.92. The lowest BCUT2D eigenvalue weighted by Crippen LogP contribution is -2.10. The van der Waals surface area contributed by atoms with Crippen LogP contribution in [0.2, 0.25) is 0 Å². The highest BCUT2D eigenvalue weighted by molar-refractivity contribution is 5.41. The van der Waals surface area contributed by atoms with Gasteiger partial charge >= 0.3 is 0 Å². The Kier molecular flexibility index (Phi) is 2.99. The van der Waals surface area contributed by atoms with Gasteiger partial charge in [-0.2, -0.15) is 0 Å². The van der Waals surface area contributed by atoms with Crippen molar-refractivity contribution in [2.45, 2.75) is 13.5 Å². The van der Waals surface area contributed by atoms with Crippen LogP contribution >= 0.6 is 0 Å². The van der Waals surface area contributed by atoms with Crippen molar-refractivity contribution in [3.63, 3.8) is 0 Å². The Morgan fingerprint density at radius 1 is 1.42 bits per heavy atom. The highest BCUT2D eigenvalue weighted by Gasteiger charge is 2.01. The highest BCUT2D eigenvalue weighted by Crippen LogP contribution is 2.09. The highest BCUT2D eigenvalue weighted by atomic mass is 15.0. The van der Waals surface area contributed by atoms with Gasteiger partial charge in [0.15, 0.2) is 0 Å². The zero-order chi connectivity index (χ0) is 8.97. The molecule has 0 aliphatic rings. The molecule has 0 spiro atoms. The molecule has 0 amide bonds. The van der Waals surface area contributed by atoms with Gasteiger partial charge in [0.2, 0.25) is 0 Å². The number of rotatable bonds is 3. The Labute approximate surface area is 72.4 Å². The molecule has 1 rings (SSSR count). The first-order chi connectivity index (χ1) is 5.77. The first-order valence-electron chi connectivity index (χ1n) is 3.92. The van der Waals surface area contributed by atoms with Crippen LogP contribution in [0, 0.1) is 6.92 Å². The molecular weight excluding hydrogens is 152 g/mol. The van der Waals surface area contributed by atoms with Crippen LogP contribution in [0.3, 0.4) is 0 Å². The number of anilines is 1. The van der Waals surface area contributed by atoms with E-state index in [0.29, 0.717) is 0 Å². The summed E-state index contributed by atoms with van der Waals surface area (Å²) in [6.07, 6.45) is 1.84. The van der Waals surface area contributed by atoms with E-state index in [2.05, 4.69) is 20.6 Å². The Hall–Kier alpha value is -1.16. The predicted molar refractivity (Wildman–Crippen MR) is 49.1 cm³/mol. The van der Waals surface area contributed by atoms with Crippen LogP contribution in [0.25, 0.3) is 0 Å². The van der Waals surface area contributed by atoms with E-state index in [1.165, 1.54) is 0 Å². The van der Waals surface area contributed by atoms with E-state index in [-0.39, 0.29) is 0 Å². The lowest BCUT2D eigenvalue weighted by Gasteiger charge is -2.06. The third kappa shape index (κ3) is 1.92. The predicted octanol–water partition coefficient (Wildman–Crippen LogP) is 0.546. The molecule has 0 unspecified atom stereocenters. The molecule has 0 aliphatic heterocycles. The van der Waals surface area contributed by atoms with Crippen LogP contribution in [-0.4, -0.2) is 24.1 Å². The van der Waals surface area contributed by atoms with Crippen molar-refractivity contribution in [2.24, 2.45) is 0 Å². The van der Waals surface area contributed by atoms with Crippen LogP contribution < -0.4 is 10.6 Å². The molecule has 0 radical (unpaired) electrons. The summed E-state index contributed by atoms with van der Waals surface area (Å²) < 4.78 is 0. The van der Waals surface area contributed by atoms with E-state index in [1.54, 1.807) is 0 Å². The van der Waals surface area contributed by atoms with E-state index in [4.69, 9.17) is 0 Å². The van der Waals surface area contributed by atoms with Gasteiger partial charge in [-0.05, 0) is 14.0 Å². The molecule has 4 heteroatoms. The van der Waals surface area contributed by atoms with Crippen molar-refractivity contribution in [3.05, 3.63) is 17.6 Å². The van der Waals surface area contributed by atoms with Gasteiger partial charge in [-0.25, -0.2) is 9.97 Å². The first kappa shape index (κ1) is 8.93. The van der Waals surface area contributed by atoms with Gasteiger partial charge in [-0.3, -0.25) is 0 Å². The number of hydrogen-bond donors (Lipinski definition) is 2. The van der Waals surface area contributed by atoms with Crippen LogP contribution in [-0.2, 0) is 6.54 Å². The second-order valence-corrected chi connectivity index (χ2v) is 2.57. The minimum absolute atomic E-state index is 0.788. The van der Waals surface area contributed by atoms with Crippen LogP contribution in [0.15, 0.2) is 6.20 Å². The summed E-state index contributed by atoms with van der Waals surface area (Å²) in [6, 6.07) is 0. The standard InChI is InChI=1S/C8H14N4/c1-6-11-5-7(4-9-2)8(10-3)12-6/h5,9H,4H2,1-3H3,(H,10,11,12). The number of aromatic nitrogens is 2. The maximum Gasteiger partial charge on any atom is 0.133 e. The topological polar surface area (TPSA) is 49.8 Å². The molecule has 12 heavy (non-hydrogen) atoms. The average Bonchev–Trinajstić information content (AvgIpc) is 2.08. The largest absolute Gasteiger partial charge is 0.373 e. The van der Waals surface area contributed by atoms with Crippen LogP contribution in [0.1, 0.15) is 11.4 Å². The summed E-state index contributed by atoms with van der Waals surface area (Å²) >= 11 is 0. The summed E-state index contributed by atoms with van der Waals surface area (Å²) in [5.41, 5.74) is 1.09. The third-order valence-electron chi connectivity index (χ3n) is 1.59. The molecular formula is C8H14N4. The Morgan fingerprint density at radius 2 is 2.17 bits per heavy atom. The summed E-state index contributed by atoms with van der Waals surface area (Å²) in [6.45, 7) is 2.67. The molecule has 0 aliphatic carbocycles. The monoisotopic (exact) mass is 166 g/mol. The van der Waals surface area contributed by atoms with Crippen LogP contribution in [0.4, 0.5) is 5.82 Å². The molecule has 0 bridgehead atoms. The van der Waals surface area contributed by atoms with E-state index in [1.807, 2.05) is 27.2 Å². The fraction of sp³-hybridized carbons (Fsp3) is 0.500. The smallest absolute Gasteiger partial charge is 0.133 e. The minimum atomic E-state index is 0.788. The van der Waals surface area contributed by atoms with Gasteiger partial charge in [0.25, 0.3) is 0 Å². The fourth-order valence-corrected chi connectivity index (χ4v) is 1.03. The molecule has 1 aromatic rings.